The Morgan fingerprint density at radius 2 is 2.06 bits per heavy atom. The first-order valence-electron chi connectivity index (χ1n) is 6.33. The standard InChI is InChI=1S/C13H24N4O/c1-6-18-12-10(14)11(16-8-17-12)15-7-9(2)13(3,4)5/h8-9H,6-7,14H2,1-5H3,(H,15,16,17). The summed E-state index contributed by atoms with van der Waals surface area (Å²) in [5, 5.41) is 3.26. The van der Waals surface area contributed by atoms with Crippen LogP contribution in [-0.4, -0.2) is 23.1 Å². The first kappa shape index (κ1) is 14.5. The number of anilines is 2. The van der Waals surface area contributed by atoms with Crippen LogP contribution in [0.5, 0.6) is 5.88 Å². The van der Waals surface area contributed by atoms with Crippen LogP contribution in [0.25, 0.3) is 0 Å². The van der Waals surface area contributed by atoms with Crippen LogP contribution in [0.4, 0.5) is 11.5 Å². The Balaban J connectivity index is 2.71. The lowest BCUT2D eigenvalue weighted by molar-refractivity contribution is 0.274. The molecule has 0 fully saturated rings. The number of nitrogens with one attached hydrogen (secondary N) is 1. The summed E-state index contributed by atoms with van der Waals surface area (Å²) in [6.45, 7) is 12.1. The van der Waals surface area contributed by atoms with Crippen molar-refractivity contribution in [3.05, 3.63) is 6.33 Å². The van der Waals surface area contributed by atoms with Crippen LogP contribution in [0.15, 0.2) is 6.33 Å². The first-order valence-corrected chi connectivity index (χ1v) is 6.33. The molecule has 0 saturated heterocycles. The van der Waals surface area contributed by atoms with E-state index in [-0.39, 0.29) is 5.41 Å². The minimum absolute atomic E-state index is 0.248. The summed E-state index contributed by atoms with van der Waals surface area (Å²) in [6.07, 6.45) is 1.46. The Morgan fingerprint density at radius 3 is 2.61 bits per heavy atom. The number of nitrogens with two attached hydrogens (primary N) is 1. The van der Waals surface area contributed by atoms with Gasteiger partial charge in [0.15, 0.2) is 5.82 Å². The van der Waals surface area contributed by atoms with Gasteiger partial charge in [-0.3, -0.25) is 0 Å². The van der Waals surface area contributed by atoms with E-state index in [9.17, 15) is 0 Å². The molecular formula is C13H24N4O. The molecule has 0 radical (unpaired) electrons. The van der Waals surface area contributed by atoms with Crippen molar-refractivity contribution in [3.8, 4) is 5.88 Å². The molecule has 0 spiro atoms. The lowest BCUT2D eigenvalue weighted by Crippen LogP contribution is -2.25. The number of ether oxygens (including phenoxy) is 1. The highest BCUT2D eigenvalue weighted by Crippen LogP contribution is 2.28. The third kappa shape index (κ3) is 3.75. The largest absolute Gasteiger partial charge is 0.476 e. The van der Waals surface area contributed by atoms with Crippen LogP contribution in [0.2, 0.25) is 0 Å². The van der Waals surface area contributed by atoms with Crippen molar-refractivity contribution in [2.45, 2.75) is 34.6 Å². The van der Waals surface area contributed by atoms with E-state index in [0.717, 1.165) is 6.54 Å². The summed E-state index contributed by atoms with van der Waals surface area (Å²) >= 11 is 0. The van der Waals surface area contributed by atoms with E-state index in [1.54, 1.807) is 0 Å². The van der Waals surface area contributed by atoms with Crippen molar-refractivity contribution in [1.82, 2.24) is 9.97 Å². The zero-order chi connectivity index (χ0) is 13.8. The molecule has 1 aromatic rings. The normalized spacial score (nSPS) is 13.2. The predicted molar refractivity (Wildman–Crippen MR) is 74.7 cm³/mol. The molecule has 0 aliphatic heterocycles. The smallest absolute Gasteiger partial charge is 0.242 e. The van der Waals surface area contributed by atoms with Crippen LogP contribution in [-0.2, 0) is 0 Å². The fourth-order valence-corrected chi connectivity index (χ4v) is 1.33. The van der Waals surface area contributed by atoms with Gasteiger partial charge in [-0.15, -0.1) is 0 Å². The molecule has 18 heavy (non-hydrogen) atoms. The summed E-state index contributed by atoms with van der Waals surface area (Å²) in [6, 6.07) is 0. The van der Waals surface area contributed by atoms with Gasteiger partial charge in [-0.2, -0.15) is 4.98 Å². The van der Waals surface area contributed by atoms with E-state index in [2.05, 4.69) is 43.0 Å². The summed E-state index contributed by atoms with van der Waals surface area (Å²) < 4.78 is 5.34. The second kappa shape index (κ2) is 5.89. The van der Waals surface area contributed by atoms with Gasteiger partial charge < -0.3 is 15.8 Å². The number of hydrogen-bond acceptors (Lipinski definition) is 5. The van der Waals surface area contributed by atoms with Gasteiger partial charge in [0, 0.05) is 6.54 Å². The topological polar surface area (TPSA) is 73.1 Å². The highest BCUT2D eigenvalue weighted by atomic mass is 16.5. The maximum Gasteiger partial charge on any atom is 0.242 e. The van der Waals surface area contributed by atoms with Gasteiger partial charge in [0.1, 0.15) is 12.0 Å². The molecule has 3 N–H and O–H groups in total. The number of rotatable bonds is 5. The molecular weight excluding hydrogens is 228 g/mol. The van der Waals surface area contributed by atoms with Crippen LogP contribution in [0.1, 0.15) is 34.6 Å². The Labute approximate surface area is 109 Å². The quantitative estimate of drug-likeness (QED) is 0.842. The molecule has 0 bridgehead atoms. The molecule has 1 unspecified atom stereocenters. The van der Waals surface area contributed by atoms with Crippen molar-refractivity contribution in [1.29, 1.82) is 0 Å². The van der Waals surface area contributed by atoms with E-state index in [0.29, 0.717) is 29.9 Å². The van der Waals surface area contributed by atoms with Gasteiger partial charge in [-0.1, -0.05) is 27.7 Å². The number of nitrogens with zero attached hydrogens (tertiary/aromatic N) is 2. The Hall–Kier alpha value is -1.52. The van der Waals surface area contributed by atoms with Gasteiger partial charge in [-0.25, -0.2) is 4.98 Å². The van der Waals surface area contributed by atoms with Crippen molar-refractivity contribution in [2.24, 2.45) is 11.3 Å². The molecule has 5 heteroatoms. The van der Waals surface area contributed by atoms with Gasteiger partial charge in [0.05, 0.1) is 6.61 Å². The molecule has 5 nitrogen and oxygen atoms in total. The maximum absolute atomic E-state index is 5.95. The molecule has 0 saturated carbocycles. The summed E-state index contributed by atoms with van der Waals surface area (Å²) in [7, 11) is 0. The van der Waals surface area contributed by atoms with Crippen LogP contribution >= 0.6 is 0 Å². The van der Waals surface area contributed by atoms with Crippen molar-refractivity contribution < 1.29 is 4.74 Å². The molecule has 102 valence electrons. The second-order valence-electron chi connectivity index (χ2n) is 5.52. The summed E-state index contributed by atoms with van der Waals surface area (Å²) in [4.78, 5) is 8.15. The molecule has 0 aromatic carbocycles. The summed E-state index contributed by atoms with van der Waals surface area (Å²) in [5.74, 6) is 1.59. The van der Waals surface area contributed by atoms with E-state index in [4.69, 9.17) is 10.5 Å². The molecule has 0 aliphatic carbocycles. The number of aromatic nitrogens is 2. The maximum atomic E-state index is 5.95. The fourth-order valence-electron chi connectivity index (χ4n) is 1.33. The lowest BCUT2D eigenvalue weighted by atomic mass is 9.82. The molecule has 1 rings (SSSR count). The SMILES string of the molecule is CCOc1ncnc(NCC(C)C(C)(C)C)c1N. The molecule has 0 aliphatic rings. The Bertz CT molecular complexity index is 387. The number of hydrogen-bond donors (Lipinski definition) is 2. The average Bonchev–Trinajstić information content (AvgIpc) is 2.29. The number of nitrogen functional groups attached to an aromatic ring is 1. The minimum Gasteiger partial charge on any atom is -0.476 e. The van der Waals surface area contributed by atoms with E-state index < -0.39 is 0 Å². The van der Waals surface area contributed by atoms with Crippen molar-refractivity contribution in [3.63, 3.8) is 0 Å². The lowest BCUT2D eigenvalue weighted by Gasteiger charge is -2.27. The highest BCUT2D eigenvalue weighted by Gasteiger charge is 2.20. The van der Waals surface area contributed by atoms with Crippen molar-refractivity contribution in [2.75, 3.05) is 24.2 Å². The van der Waals surface area contributed by atoms with Crippen molar-refractivity contribution >= 4 is 11.5 Å². The third-order valence-corrected chi connectivity index (χ3v) is 3.18. The fraction of sp³-hybridized carbons (Fsp3) is 0.692. The van der Waals surface area contributed by atoms with Crippen LogP contribution < -0.4 is 15.8 Å². The molecule has 1 aromatic heterocycles. The van der Waals surface area contributed by atoms with E-state index in [1.165, 1.54) is 6.33 Å². The van der Waals surface area contributed by atoms with Gasteiger partial charge in [-0.05, 0) is 18.3 Å². The first-order chi connectivity index (χ1) is 8.36. The third-order valence-electron chi connectivity index (χ3n) is 3.18. The Morgan fingerprint density at radius 1 is 1.39 bits per heavy atom. The van der Waals surface area contributed by atoms with Gasteiger partial charge >= 0.3 is 0 Å². The second-order valence-corrected chi connectivity index (χ2v) is 5.52. The monoisotopic (exact) mass is 252 g/mol. The summed E-state index contributed by atoms with van der Waals surface area (Å²) in [5.41, 5.74) is 6.67. The minimum atomic E-state index is 0.248. The zero-order valence-electron chi connectivity index (χ0n) is 11.9. The average molecular weight is 252 g/mol. The van der Waals surface area contributed by atoms with Crippen LogP contribution in [0.3, 0.4) is 0 Å². The highest BCUT2D eigenvalue weighted by molar-refractivity contribution is 5.66. The van der Waals surface area contributed by atoms with Crippen LogP contribution in [0, 0.1) is 11.3 Å². The predicted octanol–water partition coefficient (Wildman–Crippen LogP) is 2.55. The van der Waals surface area contributed by atoms with Gasteiger partial charge in [0.2, 0.25) is 5.88 Å². The Kier molecular flexibility index (Phi) is 4.76. The molecule has 1 heterocycles. The molecule has 0 amide bonds. The van der Waals surface area contributed by atoms with E-state index in [1.807, 2.05) is 6.92 Å². The van der Waals surface area contributed by atoms with Gasteiger partial charge in [0.25, 0.3) is 0 Å². The van der Waals surface area contributed by atoms with E-state index >= 15 is 0 Å². The molecule has 1 atom stereocenters. The zero-order valence-corrected chi connectivity index (χ0v) is 11.9.